The van der Waals surface area contributed by atoms with Crippen molar-refractivity contribution in [1.29, 1.82) is 0 Å². The molecule has 31 heavy (non-hydrogen) atoms. The average molecular weight is 420 g/mol. The summed E-state index contributed by atoms with van der Waals surface area (Å²) in [5, 5.41) is 9.86. The third-order valence-corrected chi connectivity index (χ3v) is 4.46. The van der Waals surface area contributed by atoms with Crippen LogP contribution in [0.4, 0.5) is 5.69 Å². The monoisotopic (exact) mass is 420 g/mol. The van der Waals surface area contributed by atoms with Crippen LogP contribution in [0, 0.1) is 0 Å². The van der Waals surface area contributed by atoms with E-state index in [1.165, 1.54) is 6.92 Å². The summed E-state index contributed by atoms with van der Waals surface area (Å²) < 4.78 is 6.49. The van der Waals surface area contributed by atoms with Crippen LogP contribution in [0.5, 0.6) is 0 Å². The lowest BCUT2D eigenvalue weighted by Gasteiger charge is -2.18. The molecule has 1 aromatic heterocycles. The molecule has 0 spiro atoms. The molecule has 0 saturated carbocycles. The van der Waals surface area contributed by atoms with E-state index in [0.29, 0.717) is 5.69 Å². The van der Waals surface area contributed by atoms with Crippen LogP contribution in [0.15, 0.2) is 66.9 Å². The summed E-state index contributed by atoms with van der Waals surface area (Å²) in [4.78, 5) is 35.8. The first-order chi connectivity index (χ1) is 15.0. The molecule has 3 rings (SSSR count). The van der Waals surface area contributed by atoms with Crippen LogP contribution in [-0.2, 0) is 14.3 Å². The Hall–Kier alpha value is -3.94. The van der Waals surface area contributed by atoms with Gasteiger partial charge in [0, 0.05) is 18.8 Å². The van der Waals surface area contributed by atoms with Crippen LogP contribution in [0.2, 0.25) is 0 Å². The van der Waals surface area contributed by atoms with Gasteiger partial charge in [-0.15, -0.1) is 0 Å². The summed E-state index contributed by atoms with van der Waals surface area (Å²) in [6.45, 7) is 3.45. The zero-order chi connectivity index (χ0) is 22.2. The molecular formula is C23H24N4O4. The summed E-state index contributed by atoms with van der Waals surface area (Å²) in [6.07, 6.45) is 1.77. The molecule has 2 aromatic carbocycles. The van der Waals surface area contributed by atoms with Gasteiger partial charge in [-0.25, -0.2) is 9.48 Å². The van der Waals surface area contributed by atoms with Crippen molar-refractivity contribution in [3.05, 3.63) is 78.1 Å². The second-order valence-electron chi connectivity index (χ2n) is 6.83. The van der Waals surface area contributed by atoms with Gasteiger partial charge in [0.15, 0.2) is 5.69 Å². The number of benzene rings is 2. The summed E-state index contributed by atoms with van der Waals surface area (Å²) >= 11 is 0. The van der Waals surface area contributed by atoms with E-state index in [2.05, 4.69) is 15.7 Å². The predicted molar refractivity (Wildman–Crippen MR) is 116 cm³/mol. The number of hydrogen-bond donors (Lipinski definition) is 2. The lowest BCUT2D eigenvalue weighted by atomic mass is 10.0. The number of esters is 1. The van der Waals surface area contributed by atoms with Crippen molar-refractivity contribution in [2.75, 3.05) is 11.9 Å². The highest BCUT2D eigenvalue weighted by Crippen LogP contribution is 2.19. The van der Waals surface area contributed by atoms with Crippen molar-refractivity contribution in [2.45, 2.75) is 26.3 Å². The second-order valence-corrected chi connectivity index (χ2v) is 6.83. The molecule has 2 N–H and O–H groups in total. The molecule has 8 nitrogen and oxygen atoms in total. The van der Waals surface area contributed by atoms with E-state index in [1.54, 1.807) is 48.1 Å². The number of ether oxygens (including phenoxy) is 1. The highest BCUT2D eigenvalue weighted by atomic mass is 16.5. The first-order valence-corrected chi connectivity index (χ1v) is 9.91. The minimum absolute atomic E-state index is 0.105. The van der Waals surface area contributed by atoms with E-state index in [4.69, 9.17) is 4.74 Å². The van der Waals surface area contributed by atoms with Crippen molar-refractivity contribution < 1.29 is 19.1 Å². The molecule has 1 unspecified atom stereocenters. The number of rotatable bonds is 8. The number of amides is 2. The highest BCUT2D eigenvalue weighted by molar-refractivity contribution is 5.91. The van der Waals surface area contributed by atoms with Gasteiger partial charge in [0.1, 0.15) is 0 Å². The molecule has 160 valence electrons. The molecule has 1 atom stereocenters. The maximum Gasteiger partial charge on any atom is 0.358 e. The molecular weight excluding hydrogens is 396 g/mol. The Labute approximate surface area is 180 Å². The number of nitrogens with one attached hydrogen (secondary N) is 2. The van der Waals surface area contributed by atoms with Crippen molar-refractivity contribution >= 4 is 23.5 Å². The SMILES string of the molecule is CCOC(=O)c1ccn(-c2ccc(NC(=O)CC(NC(C)=O)c3ccccc3)cc2)n1. The number of carbonyl (C=O) groups is 3. The van der Waals surface area contributed by atoms with Gasteiger partial charge in [-0.3, -0.25) is 9.59 Å². The Morgan fingerprint density at radius 1 is 1.03 bits per heavy atom. The molecule has 0 aliphatic rings. The number of nitrogens with zero attached hydrogens (tertiary/aromatic N) is 2. The summed E-state index contributed by atoms with van der Waals surface area (Å²) in [5.41, 5.74) is 2.43. The van der Waals surface area contributed by atoms with Crippen LogP contribution < -0.4 is 10.6 Å². The smallest absolute Gasteiger partial charge is 0.358 e. The minimum Gasteiger partial charge on any atom is -0.461 e. The van der Waals surface area contributed by atoms with E-state index in [0.717, 1.165) is 11.3 Å². The fraction of sp³-hybridized carbons (Fsp3) is 0.217. The minimum atomic E-state index is -0.475. The Balaban J connectivity index is 1.64. The van der Waals surface area contributed by atoms with E-state index < -0.39 is 12.0 Å². The van der Waals surface area contributed by atoms with Gasteiger partial charge in [-0.2, -0.15) is 5.10 Å². The van der Waals surface area contributed by atoms with Gasteiger partial charge < -0.3 is 15.4 Å². The molecule has 0 saturated heterocycles. The maximum absolute atomic E-state index is 12.5. The van der Waals surface area contributed by atoms with Gasteiger partial charge in [0.05, 0.1) is 24.8 Å². The average Bonchev–Trinajstić information content (AvgIpc) is 3.25. The quantitative estimate of drug-likeness (QED) is 0.545. The summed E-state index contributed by atoms with van der Waals surface area (Å²) in [5.74, 6) is -0.899. The Morgan fingerprint density at radius 3 is 2.39 bits per heavy atom. The molecule has 1 heterocycles. The molecule has 0 radical (unpaired) electrons. The summed E-state index contributed by atoms with van der Waals surface area (Å²) in [6, 6.07) is 17.6. The Morgan fingerprint density at radius 2 is 1.74 bits per heavy atom. The third kappa shape index (κ3) is 6.02. The van der Waals surface area contributed by atoms with E-state index in [-0.39, 0.29) is 30.5 Å². The van der Waals surface area contributed by atoms with Gasteiger partial charge in [0.2, 0.25) is 11.8 Å². The van der Waals surface area contributed by atoms with Crippen molar-refractivity contribution in [3.8, 4) is 5.69 Å². The van der Waals surface area contributed by atoms with Crippen LogP contribution in [0.1, 0.15) is 42.4 Å². The number of carbonyl (C=O) groups excluding carboxylic acids is 3. The van der Waals surface area contributed by atoms with Crippen LogP contribution in [-0.4, -0.2) is 34.2 Å². The predicted octanol–water partition coefficient (Wildman–Crippen LogP) is 3.26. The zero-order valence-corrected chi connectivity index (χ0v) is 17.4. The largest absolute Gasteiger partial charge is 0.461 e. The number of aromatic nitrogens is 2. The summed E-state index contributed by atoms with van der Waals surface area (Å²) in [7, 11) is 0. The lowest BCUT2D eigenvalue weighted by molar-refractivity contribution is -0.120. The van der Waals surface area contributed by atoms with Gasteiger partial charge >= 0.3 is 5.97 Å². The maximum atomic E-state index is 12.5. The van der Waals surface area contributed by atoms with Crippen molar-refractivity contribution in [3.63, 3.8) is 0 Å². The van der Waals surface area contributed by atoms with Crippen LogP contribution in [0.25, 0.3) is 5.69 Å². The van der Waals surface area contributed by atoms with Gasteiger partial charge in [-0.1, -0.05) is 30.3 Å². The van der Waals surface area contributed by atoms with Crippen LogP contribution in [0.3, 0.4) is 0 Å². The zero-order valence-electron chi connectivity index (χ0n) is 17.4. The van der Waals surface area contributed by atoms with Gasteiger partial charge in [-0.05, 0) is 42.8 Å². The topological polar surface area (TPSA) is 102 Å². The Kier molecular flexibility index (Phi) is 7.16. The Bertz CT molecular complexity index is 1040. The molecule has 3 aromatic rings. The standard InChI is InChI=1S/C23H24N4O4/c1-3-31-23(30)20-13-14-27(26-20)19-11-9-18(10-12-19)25-22(29)15-21(24-16(2)28)17-7-5-4-6-8-17/h4-14,21H,3,15H2,1-2H3,(H,24,28)(H,25,29). The first-order valence-electron chi connectivity index (χ1n) is 9.91. The van der Waals surface area contributed by atoms with Crippen LogP contribution >= 0.6 is 0 Å². The number of anilines is 1. The van der Waals surface area contributed by atoms with E-state index in [1.807, 2.05) is 30.3 Å². The second kappa shape index (κ2) is 10.2. The van der Waals surface area contributed by atoms with Gasteiger partial charge in [0.25, 0.3) is 0 Å². The van der Waals surface area contributed by atoms with Crippen molar-refractivity contribution in [1.82, 2.24) is 15.1 Å². The molecule has 8 heteroatoms. The fourth-order valence-electron chi connectivity index (χ4n) is 3.06. The molecule has 0 aliphatic carbocycles. The fourth-order valence-corrected chi connectivity index (χ4v) is 3.06. The molecule has 0 bridgehead atoms. The lowest BCUT2D eigenvalue weighted by Crippen LogP contribution is -2.29. The third-order valence-electron chi connectivity index (χ3n) is 4.46. The van der Waals surface area contributed by atoms with Crippen molar-refractivity contribution in [2.24, 2.45) is 0 Å². The first kappa shape index (κ1) is 21.8. The van der Waals surface area contributed by atoms with E-state index in [9.17, 15) is 14.4 Å². The highest BCUT2D eigenvalue weighted by Gasteiger charge is 2.17. The molecule has 0 fully saturated rings. The number of hydrogen-bond acceptors (Lipinski definition) is 5. The normalized spacial score (nSPS) is 11.4. The molecule has 0 aliphatic heterocycles. The molecule has 2 amide bonds. The van der Waals surface area contributed by atoms with E-state index >= 15 is 0 Å².